The van der Waals surface area contributed by atoms with Gasteiger partial charge in [-0.25, -0.2) is 8.42 Å². The molecule has 1 aliphatic rings. The Labute approximate surface area is 135 Å². The molecule has 1 aromatic rings. The van der Waals surface area contributed by atoms with Crippen LogP contribution < -0.4 is 4.74 Å². The molecule has 118 valence electrons. The fraction of sp³-hybridized carbons (Fsp3) is 0.600. The van der Waals surface area contributed by atoms with E-state index in [-0.39, 0.29) is 10.9 Å². The lowest BCUT2D eigenvalue weighted by Gasteiger charge is -2.30. The Morgan fingerprint density at radius 3 is 2.43 bits per heavy atom. The first-order chi connectivity index (χ1) is 9.87. The van der Waals surface area contributed by atoms with Crippen LogP contribution in [-0.2, 0) is 10.0 Å². The first kappa shape index (κ1) is 16.8. The molecule has 1 saturated carbocycles. The van der Waals surface area contributed by atoms with Gasteiger partial charge in [0.05, 0.1) is 7.11 Å². The number of nitrogens with zero attached hydrogens (tertiary/aromatic N) is 1. The molecule has 0 spiro atoms. The smallest absolute Gasteiger partial charge is 0.246 e. The Bertz CT molecular complexity index is 610. The molecule has 0 aromatic heterocycles. The van der Waals surface area contributed by atoms with Crippen LogP contribution in [0.3, 0.4) is 0 Å². The standard InChI is InChI=1S/C15H22BrNO3S/c1-11-9-14(20-3)15(10-13(11)16)21(18,19)17(2)12-7-5-4-6-8-12/h9-10,12H,4-8H2,1-3H3. The van der Waals surface area contributed by atoms with Crippen molar-refractivity contribution >= 4 is 26.0 Å². The summed E-state index contributed by atoms with van der Waals surface area (Å²) in [6, 6.07) is 3.49. The monoisotopic (exact) mass is 375 g/mol. The minimum Gasteiger partial charge on any atom is -0.495 e. The lowest BCUT2D eigenvalue weighted by Crippen LogP contribution is -2.38. The van der Waals surface area contributed by atoms with E-state index >= 15 is 0 Å². The van der Waals surface area contributed by atoms with E-state index in [9.17, 15) is 8.42 Å². The molecule has 0 aliphatic heterocycles. The van der Waals surface area contributed by atoms with Gasteiger partial charge in [-0.3, -0.25) is 0 Å². The SMILES string of the molecule is COc1cc(C)c(Br)cc1S(=O)(=O)N(C)C1CCCCC1. The lowest BCUT2D eigenvalue weighted by atomic mass is 9.96. The quantitative estimate of drug-likeness (QED) is 0.805. The summed E-state index contributed by atoms with van der Waals surface area (Å²) in [6.07, 6.45) is 5.26. The third-order valence-electron chi connectivity index (χ3n) is 4.19. The zero-order chi connectivity index (χ0) is 15.6. The van der Waals surface area contributed by atoms with E-state index in [4.69, 9.17) is 4.74 Å². The first-order valence-electron chi connectivity index (χ1n) is 7.20. The highest BCUT2D eigenvalue weighted by Crippen LogP contribution is 2.34. The number of hydrogen-bond acceptors (Lipinski definition) is 3. The molecule has 0 saturated heterocycles. The van der Waals surface area contributed by atoms with E-state index in [1.165, 1.54) is 17.8 Å². The molecule has 21 heavy (non-hydrogen) atoms. The van der Waals surface area contributed by atoms with Crippen LogP contribution in [0.2, 0.25) is 0 Å². The molecular formula is C15H22BrNO3S. The predicted octanol–water partition coefficient (Wildman–Crippen LogP) is 3.72. The summed E-state index contributed by atoms with van der Waals surface area (Å²) in [5.74, 6) is 0.401. The predicted molar refractivity (Wildman–Crippen MR) is 87.3 cm³/mol. The minimum atomic E-state index is -3.54. The second-order valence-corrected chi connectivity index (χ2v) is 8.39. The molecule has 1 fully saturated rings. The Morgan fingerprint density at radius 2 is 1.86 bits per heavy atom. The highest BCUT2D eigenvalue weighted by atomic mass is 79.9. The van der Waals surface area contributed by atoms with Gasteiger partial charge in [-0.15, -0.1) is 0 Å². The zero-order valence-electron chi connectivity index (χ0n) is 12.7. The average Bonchev–Trinajstić information content (AvgIpc) is 2.49. The van der Waals surface area contributed by atoms with Crippen LogP contribution in [0.1, 0.15) is 37.7 Å². The van der Waals surface area contributed by atoms with Crippen molar-refractivity contribution in [1.29, 1.82) is 0 Å². The summed E-state index contributed by atoms with van der Waals surface area (Å²) in [7, 11) is -0.361. The Morgan fingerprint density at radius 1 is 1.24 bits per heavy atom. The molecule has 1 aromatic carbocycles. The normalized spacial score (nSPS) is 17.2. The van der Waals surface area contributed by atoms with E-state index < -0.39 is 10.0 Å². The highest BCUT2D eigenvalue weighted by molar-refractivity contribution is 9.10. The number of halogens is 1. The number of aryl methyl sites for hydroxylation is 1. The Kier molecular flexibility index (Phi) is 5.33. The third kappa shape index (κ3) is 3.43. The molecule has 0 heterocycles. The molecule has 0 radical (unpaired) electrons. The Balaban J connectivity index is 2.40. The fourth-order valence-electron chi connectivity index (χ4n) is 2.79. The molecule has 0 N–H and O–H groups in total. The first-order valence-corrected chi connectivity index (χ1v) is 9.43. The van der Waals surface area contributed by atoms with Crippen molar-refractivity contribution in [2.24, 2.45) is 0 Å². The van der Waals surface area contributed by atoms with E-state index in [0.717, 1.165) is 35.7 Å². The molecule has 0 atom stereocenters. The number of rotatable bonds is 4. The lowest BCUT2D eigenvalue weighted by molar-refractivity contribution is 0.284. The van der Waals surface area contributed by atoms with Crippen molar-refractivity contribution in [2.45, 2.75) is 50.0 Å². The number of methoxy groups -OCH3 is 1. The van der Waals surface area contributed by atoms with Crippen molar-refractivity contribution in [2.75, 3.05) is 14.2 Å². The number of ether oxygens (including phenoxy) is 1. The largest absolute Gasteiger partial charge is 0.495 e. The van der Waals surface area contributed by atoms with Crippen LogP contribution in [0.5, 0.6) is 5.75 Å². The summed E-state index contributed by atoms with van der Waals surface area (Å²) in [5, 5.41) is 0. The van der Waals surface area contributed by atoms with Crippen LogP contribution in [0.15, 0.2) is 21.5 Å². The summed E-state index contributed by atoms with van der Waals surface area (Å²) in [6.45, 7) is 1.91. The van der Waals surface area contributed by atoms with E-state index in [0.29, 0.717) is 5.75 Å². The second kappa shape index (κ2) is 6.67. The van der Waals surface area contributed by atoms with Gasteiger partial charge in [0.2, 0.25) is 10.0 Å². The maximum absolute atomic E-state index is 12.9. The van der Waals surface area contributed by atoms with Crippen LogP contribution in [0.25, 0.3) is 0 Å². The van der Waals surface area contributed by atoms with Crippen LogP contribution in [-0.4, -0.2) is 32.9 Å². The average molecular weight is 376 g/mol. The third-order valence-corrected chi connectivity index (χ3v) is 6.98. The van der Waals surface area contributed by atoms with Crippen LogP contribution >= 0.6 is 15.9 Å². The zero-order valence-corrected chi connectivity index (χ0v) is 15.1. The molecular weight excluding hydrogens is 354 g/mol. The minimum absolute atomic E-state index is 0.0912. The van der Waals surface area contributed by atoms with Crippen molar-refractivity contribution in [3.05, 3.63) is 22.2 Å². The molecule has 0 amide bonds. The molecule has 0 bridgehead atoms. The topological polar surface area (TPSA) is 46.6 Å². The van der Waals surface area contributed by atoms with Crippen LogP contribution in [0.4, 0.5) is 0 Å². The summed E-state index contributed by atoms with van der Waals surface area (Å²) in [4.78, 5) is 0.232. The molecule has 1 aliphatic carbocycles. The van der Waals surface area contributed by atoms with Crippen molar-refractivity contribution in [1.82, 2.24) is 4.31 Å². The maximum atomic E-state index is 12.9. The molecule has 4 nitrogen and oxygen atoms in total. The molecule has 0 unspecified atom stereocenters. The van der Waals surface area contributed by atoms with Crippen molar-refractivity contribution in [3.8, 4) is 5.75 Å². The van der Waals surface area contributed by atoms with Gasteiger partial charge in [-0.05, 0) is 37.5 Å². The van der Waals surface area contributed by atoms with Crippen LogP contribution in [0, 0.1) is 6.92 Å². The summed E-state index contributed by atoms with van der Waals surface area (Å²) in [5.41, 5.74) is 0.950. The number of sulfonamides is 1. The van der Waals surface area contributed by atoms with E-state index in [1.54, 1.807) is 19.2 Å². The van der Waals surface area contributed by atoms with Gasteiger partial charge in [0, 0.05) is 17.6 Å². The molecule has 2 rings (SSSR count). The van der Waals surface area contributed by atoms with Gasteiger partial charge in [0.1, 0.15) is 10.6 Å². The second-order valence-electron chi connectivity index (χ2n) is 5.57. The van der Waals surface area contributed by atoms with E-state index in [2.05, 4.69) is 15.9 Å². The number of hydrogen-bond donors (Lipinski definition) is 0. The van der Waals surface area contributed by atoms with Gasteiger partial charge in [0.25, 0.3) is 0 Å². The fourth-order valence-corrected chi connectivity index (χ4v) is 4.87. The van der Waals surface area contributed by atoms with Gasteiger partial charge in [0.15, 0.2) is 0 Å². The van der Waals surface area contributed by atoms with Gasteiger partial charge in [-0.1, -0.05) is 35.2 Å². The van der Waals surface area contributed by atoms with Crippen molar-refractivity contribution in [3.63, 3.8) is 0 Å². The van der Waals surface area contributed by atoms with Crippen molar-refractivity contribution < 1.29 is 13.2 Å². The van der Waals surface area contributed by atoms with Gasteiger partial charge in [-0.2, -0.15) is 4.31 Å². The van der Waals surface area contributed by atoms with Gasteiger partial charge < -0.3 is 4.74 Å². The molecule has 6 heteroatoms. The highest BCUT2D eigenvalue weighted by Gasteiger charge is 2.31. The summed E-state index contributed by atoms with van der Waals surface area (Å²) >= 11 is 3.41. The number of benzene rings is 1. The summed E-state index contributed by atoms with van der Waals surface area (Å²) < 4.78 is 33.4. The van der Waals surface area contributed by atoms with E-state index in [1.807, 2.05) is 6.92 Å². The maximum Gasteiger partial charge on any atom is 0.246 e. The van der Waals surface area contributed by atoms with Gasteiger partial charge >= 0.3 is 0 Å². The Hall–Kier alpha value is -0.590.